The van der Waals surface area contributed by atoms with Crippen molar-refractivity contribution in [1.29, 1.82) is 0 Å². The van der Waals surface area contributed by atoms with Crippen LogP contribution in [0.1, 0.15) is 109 Å². The Bertz CT molecular complexity index is 829. The van der Waals surface area contributed by atoms with Gasteiger partial charge < -0.3 is 4.48 Å². The van der Waals surface area contributed by atoms with Crippen molar-refractivity contribution < 1.29 is 4.48 Å². The summed E-state index contributed by atoms with van der Waals surface area (Å²) >= 11 is 0. The largest absolute Gasteiger partial charge is 0.324 e. The molecule has 0 saturated heterocycles. The molecule has 0 aliphatic carbocycles. The summed E-state index contributed by atoms with van der Waals surface area (Å²) in [4.78, 5) is 0. The first-order valence-corrected chi connectivity index (χ1v) is 15.9. The van der Waals surface area contributed by atoms with Gasteiger partial charge in [-0.15, -0.1) is 0 Å². The minimum atomic E-state index is -0.133. The normalized spacial score (nSPS) is 11.6. The van der Waals surface area contributed by atoms with Crippen molar-refractivity contribution >= 4 is 0 Å². The smallest absolute Gasteiger partial charge is 0.0786 e. The first-order chi connectivity index (χ1) is 19.1. The molecule has 1 heteroatoms. The van der Waals surface area contributed by atoms with E-state index < -0.39 is 0 Å². The maximum Gasteiger partial charge on any atom is 0.0786 e. The zero-order valence-electron chi connectivity index (χ0n) is 25.7. The predicted octanol–water partition coefficient (Wildman–Crippen LogP) is 10.6. The molecule has 3 rings (SSSR count). The van der Waals surface area contributed by atoms with Crippen LogP contribution in [0.4, 0.5) is 0 Å². The van der Waals surface area contributed by atoms with Crippen LogP contribution in [0.3, 0.4) is 0 Å². The monoisotopic (exact) mass is 527 g/mol. The van der Waals surface area contributed by atoms with Crippen molar-refractivity contribution in [3.05, 3.63) is 115 Å². The Hall–Kier alpha value is -2.38. The van der Waals surface area contributed by atoms with Crippen LogP contribution in [0, 0.1) is 6.92 Å². The summed E-state index contributed by atoms with van der Waals surface area (Å²) < 4.78 is 1.42. The van der Waals surface area contributed by atoms with Gasteiger partial charge in [-0.3, -0.25) is 0 Å². The van der Waals surface area contributed by atoms with E-state index in [4.69, 9.17) is 0 Å². The average Bonchev–Trinajstić information content (AvgIpc) is 3.01. The van der Waals surface area contributed by atoms with Crippen LogP contribution in [0.2, 0.25) is 0 Å². The SMILES string of the molecule is CCCC[N+](CCCC)(CCCC)CCCC.[CH2]CCC(c1ccccc1)(c1ccccc1)c1ccccc1. The molecule has 0 aromatic heterocycles. The van der Waals surface area contributed by atoms with Gasteiger partial charge in [0.25, 0.3) is 0 Å². The summed E-state index contributed by atoms with van der Waals surface area (Å²) in [6.45, 7) is 19.2. The van der Waals surface area contributed by atoms with Gasteiger partial charge in [0.2, 0.25) is 0 Å². The molecular formula is C38H57N+. The molecule has 0 aliphatic heterocycles. The highest BCUT2D eigenvalue weighted by Gasteiger charge is 2.35. The van der Waals surface area contributed by atoms with Gasteiger partial charge in [-0.05, 0) is 48.8 Å². The van der Waals surface area contributed by atoms with Gasteiger partial charge in [-0.2, -0.15) is 0 Å². The highest BCUT2D eigenvalue weighted by atomic mass is 15.3. The van der Waals surface area contributed by atoms with Crippen LogP contribution in [0.25, 0.3) is 0 Å². The van der Waals surface area contributed by atoms with Gasteiger partial charge in [0.1, 0.15) is 0 Å². The number of benzene rings is 3. The molecule has 1 radical (unpaired) electrons. The third kappa shape index (κ3) is 9.95. The number of hydrogen-bond acceptors (Lipinski definition) is 0. The summed E-state index contributed by atoms with van der Waals surface area (Å²) in [5, 5.41) is 0. The molecule has 0 fully saturated rings. The first-order valence-electron chi connectivity index (χ1n) is 15.9. The second kappa shape index (κ2) is 18.8. The zero-order valence-corrected chi connectivity index (χ0v) is 25.7. The summed E-state index contributed by atoms with van der Waals surface area (Å²) in [6.07, 6.45) is 12.9. The Morgan fingerprint density at radius 3 is 1.00 bits per heavy atom. The Labute approximate surface area is 242 Å². The molecule has 0 N–H and O–H groups in total. The minimum absolute atomic E-state index is 0.133. The fraction of sp³-hybridized carbons (Fsp3) is 0.500. The van der Waals surface area contributed by atoms with E-state index in [0.717, 1.165) is 12.8 Å². The van der Waals surface area contributed by atoms with Gasteiger partial charge in [0.05, 0.1) is 26.2 Å². The molecule has 0 saturated carbocycles. The van der Waals surface area contributed by atoms with E-state index in [9.17, 15) is 0 Å². The van der Waals surface area contributed by atoms with Crippen molar-refractivity contribution in [2.45, 2.75) is 97.3 Å². The van der Waals surface area contributed by atoms with E-state index >= 15 is 0 Å². The highest BCUT2D eigenvalue weighted by molar-refractivity contribution is 5.50. The quantitative estimate of drug-likeness (QED) is 0.121. The lowest BCUT2D eigenvalue weighted by atomic mass is 9.67. The topological polar surface area (TPSA) is 0 Å². The van der Waals surface area contributed by atoms with Gasteiger partial charge in [0, 0.05) is 5.41 Å². The number of quaternary nitrogens is 1. The summed E-state index contributed by atoms with van der Waals surface area (Å²) in [5.74, 6) is 0. The summed E-state index contributed by atoms with van der Waals surface area (Å²) in [7, 11) is 0. The molecule has 3 aromatic carbocycles. The van der Waals surface area contributed by atoms with Crippen molar-refractivity contribution in [2.75, 3.05) is 26.2 Å². The summed E-state index contributed by atoms with van der Waals surface area (Å²) in [6, 6.07) is 32.4. The zero-order chi connectivity index (χ0) is 28.2. The van der Waals surface area contributed by atoms with Crippen molar-refractivity contribution in [2.24, 2.45) is 0 Å². The Balaban J connectivity index is 0.000000285. The van der Waals surface area contributed by atoms with Gasteiger partial charge in [-0.25, -0.2) is 0 Å². The Morgan fingerprint density at radius 2 is 0.769 bits per heavy atom. The molecule has 213 valence electrons. The van der Waals surface area contributed by atoms with Crippen molar-refractivity contribution in [1.82, 2.24) is 0 Å². The third-order valence-electron chi connectivity index (χ3n) is 8.30. The lowest BCUT2D eigenvalue weighted by molar-refractivity contribution is -0.929. The molecule has 0 heterocycles. The molecule has 39 heavy (non-hydrogen) atoms. The number of hydrogen-bond donors (Lipinski definition) is 0. The van der Waals surface area contributed by atoms with E-state index in [1.165, 1.54) is 98.7 Å². The third-order valence-corrected chi connectivity index (χ3v) is 8.30. The highest BCUT2D eigenvalue weighted by Crippen LogP contribution is 2.42. The summed E-state index contributed by atoms with van der Waals surface area (Å²) in [5.41, 5.74) is 3.86. The van der Waals surface area contributed by atoms with Crippen LogP contribution in [-0.2, 0) is 5.41 Å². The molecule has 0 bridgehead atoms. The maximum absolute atomic E-state index is 4.15. The standard InChI is InChI=1S/C22H21.C16H36N/c1-2-18-22(19-12-6-3-7-13-19,20-14-8-4-9-15-20)21-16-10-5-11-17-21;1-5-9-13-17(14-10-6-2,15-11-7-3)16-12-8-4/h3-17H,1-2,18H2;5-16H2,1-4H3/q;+1. The number of unbranched alkanes of at least 4 members (excludes halogenated alkanes) is 4. The second-order valence-electron chi connectivity index (χ2n) is 11.3. The van der Waals surface area contributed by atoms with E-state index in [1.54, 1.807) is 0 Å². The molecule has 1 nitrogen and oxygen atoms in total. The van der Waals surface area contributed by atoms with Crippen molar-refractivity contribution in [3.8, 4) is 0 Å². The molecule has 0 spiro atoms. The Morgan fingerprint density at radius 1 is 0.487 bits per heavy atom. The lowest BCUT2D eigenvalue weighted by Gasteiger charge is -2.39. The molecule has 0 atom stereocenters. The fourth-order valence-corrected chi connectivity index (χ4v) is 6.01. The van der Waals surface area contributed by atoms with E-state index in [0.29, 0.717) is 0 Å². The first kappa shape index (κ1) is 32.8. The lowest BCUT2D eigenvalue weighted by Crippen LogP contribution is -2.50. The van der Waals surface area contributed by atoms with Crippen LogP contribution in [0.5, 0.6) is 0 Å². The second-order valence-corrected chi connectivity index (χ2v) is 11.3. The minimum Gasteiger partial charge on any atom is -0.324 e. The average molecular weight is 528 g/mol. The molecule has 3 aromatic rings. The van der Waals surface area contributed by atoms with E-state index in [2.05, 4.69) is 126 Å². The van der Waals surface area contributed by atoms with Gasteiger partial charge in [0.15, 0.2) is 0 Å². The van der Waals surface area contributed by atoms with Crippen LogP contribution < -0.4 is 0 Å². The molecular weight excluding hydrogens is 470 g/mol. The van der Waals surface area contributed by atoms with Crippen molar-refractivity contribution in [3.63, 3.8) is 0 Å². The molecule has 0 amide bonds. The van der Waals surface area contributed by atoms with Crippen LogP contribution in [0.15, 0.2) is 91.0 Å². The maximum atomic E-state index is 4.15. The fourth-order valence-electron chi connectivity index (χ4n) is 6.01. The molecule has 0 aliphatic rings. The number of rotatable bonds is 17. The van der Waals surface area contributed by atoms with Crippen LogP contribution in [-0.4, -0.2) is 30.7 Å². The molecule has 0 unspecified atom stereocenters. The van der Waals surface area contributed by atoms with Crippen LogP contribution >= 0.6 is 0 Å². The predicted molar refractivity (Wildman–Crippen MR) is 173 cm³/mol. The Kier molecular flexibility index (Phi) is 15.8. The van der Waals surface area contributed by atoms with E-state index in [1.807, 2.05) is 0 Å². The number of nitrogens with zero attached hydrogens (tertiary/aromatic N) is 1. The van der Waals surface area contributed by atoms with Gasteiger partial charge >= 0.3 is 0 Å². The van der Waals surface area contributed by atoms with E-state index in [-0.39, 0.29) is 5.41 Å². The van der Waals surface area contributed by atoms with Gasteiger partial charge in [-0.1, -0.05) is 158 Å².